The molecule has 1 aromatic heterocycles. The Balaban J connectivity index is 1.88. The Labute approximate surface area is 159 Å². The van der Waals surface area contributed by atoms with Crippen LogP contribution in [0.3, 0.4) is 0 Å². The van der Waals surface area contributed by atoms with Crippen LogP contribution in [-0.2, 0) is 9.53 Å². The summed E-state index contributed by atoms with van der Waals surface area (Å²) < 4.78 is 33.1. The van der Waals surface area contributed by atoms with Gasteiger partial charge in [0.25, 0.3) is 5.91 Å². The minimum atomic E-state index is -1.90. The molecule has 1 aliphatic heterocycles. The highest BCUT2D eigenvalue weighted by Crippen LogP contribution is 2.29. The van der Waals surface area contributed by atoms with Gasteiger partial charge in [0.1, 0.15) is 23.1 Å². The Morgan fingerprint density at radius 2 is 2.19 bits per heavy atom. The van der Waals surface area contributed by atoms with E-state index in [9.17, 15) is 14.7 Å². The highest BCUT2D eigenvalue weighted by atomic mass is 16.5. The number of ether oxygens (including phenoxy) is 2. The van der Waals surface area contributed by atoms with Gasteiger partial charge in [-0.2, -0.15) is 0 Å². The maximum atomic E-state index is 12.6. The van der Waals surface area contributed by atoms with E-state index < -0.39 is 31.0 Å². The largest absolute Gasteiger partial charge is 0.493 e. The summed E-state index contributed by atoms with van der Waals surface area (Å²) in [5.74, 6) is -1.24. The van der Waals surface area contributed by atoms with Gasteiger partial charge in [-0.25, -0.2) is 0 Å². The third kappa shape index (κ3) is 4.40. The average molecular weight is 378 g/mol. The first-order chi connectivity index (χ1) is 13.7. The van der Waals surface area contributed by atoms with Crippen molar-refractivity contribution in [3.8, 4) is 5.75 Å². The van der Waals surface area contributed by atoms with Gasteiger partial charge in [-0.3, -0.25) is 9.59 Å². The van der Waals surface area contributed by atoms with E-state index in [0.717, 1.165) is 0 Å². The first-order valence-corrected chi connectivity index (χ1v) is 8.74. The molecule has 8 nitrogen and oxygen atoms in total. The predicted molar refractivity (Wildman–Crippen MR) is 97.5 cm³/mol. The molecule has 0 bridgehead atoms. The second-order valence-electron chi connectivity index (χ2n) is 6.41. The van der Waals surface area contributed by atoms with E-state index in [0.29, 0.717) is 42.8 Å². The molecule has 27 heavy (non-hydrogen) atoms. The summed E-state index contributed by atoms with van der Waals surface area (Å²) in [6, 6.07) is 3.46. The maximum Gasteiger partial charge on any atom is 0.256 e. The number of carbonyl (C=O) groups excluding carboxylic acids is 2. The number of aliphatic hydroxyl groups is 1. The molecule has 3 rings (SSSR count). The van der Waals surface area contributed by atoms with Gasteiger partial charge in [0.05, 0.1) is 21.5 Å². The molecule has 1 fully saturated rings. The van der Waals surface area contributed by atoms with Crippen molar-refractivity contribution < 1.29 is 31.3 Å². The van der Waals surface area contributed by atoms with Crippen molar-refractivity contribution >= 4 is 22.8 Å². The molecule has 1 aliphatic rings. The summed E-state index contributed by atoms with van der Waals surface area (Å²) in [7, 11) is 0. The Bertz CT molecular complexity index is 907. The fraction of sp³-hybridized carbons (Fsp3) is 0.474. The van der Waals surface area contributed by atoms with Gasteiger partial charge in [-0.1, -0.05) is 0 Å². The van der Waals surface area contributed by atoms with Crippen molar-refractivity contribution in [2.75, 3.05) is 26.4 Å². The smallest absolute Gasteiger partial charge is 0.256 e. The van der Waals surface area contributed by atoms with Gasteiger partial charge in [0.15, 0.2) is 0 Å². The van der Waals surface area contributed by atoms with Crippen LogP contribution in [0.25, 0.3) is 11.0 Å². The Morgan fingerprint density at radius 3 is 2.85 bits per heavy atom. The summed E-state index contributed by atoms with van der Waals surface area (Å²) in [5, 5.41) is 12.0. The summed E-state index contributed by atoms with van der Waals surface area (Å²) in [6.07, 6.45) is 1.12. The fourth-order valence-corrected chi connectivity index (χ4v) is 2.95. The zero-order valence-electron chi connectivity index (χ0n) is 17.0. The lowest BCUT2D eigenvalue weighted by molar-refractivity contribution is -0.120. The van der Waals surface area contributed by atoms with Crippen molar-refractivity contribution in [2.24, 2.45) is 11.7 Å². The molecule has 0 radical (unpaired) electrons. The van der Waals surface area contributed by atoms with Gasteiger partial charge in [-0.15, -0.1) is 0 Å². The summed E-state index contributed by atoms with van der Waals surface area (Å²) in [6.45, 7) is 0.0462. The fourth-order valence-electron chi connectivity index (χ4n) is 2.95. The third-order valence-corrected chi connectivity index (χ3v) is 4.46. The SMILES string of the molecule is [2H]C([2H])(Oc1ccc2oc(C)c(C(=O)N[C@@H](CO)C(N)=O)c2c1)C1CCOCC1. The maximum absolute atomic E-state index is 12.6. The molecular formula is C19H24N2O6. The lowest BCUT2D eigenvalue weighted by Gasteiger charge is -2.22. The van der Waals surface area contributed by atoms with E-state index in [1.807, 2.05) is 0 Å². The number of hydrogen-bond donors (Lipinski definition) is 3. The van der Waals surface area contributed by atoms with E-state index in [1.165, 1.54) is 6.07 Å². The summed E-state index contributed by atoms with van der Waals surface area (Å²) >= 11 is 0. The predicted octanol–water partition coefficient (Wildman–Crippen LogP) is 1.12. The van der Waals surface area contributed by atoms with E-state index in [4.69, 9.17) is 22.4 Å². The Kier molecular flexibility index (Phi) is 5.16. The number of aryl methyl sites for hydroxylation is 1. The number of furan rings is 1. The molecule has 0 spiro atoms. The molecule has 2 heterocycles. The van der Waals surface area contributed by atoms with Crippen molar-refractivity contribution in [1.29, 1.82) is 0 Å². The van der Waals surface area contributed by atoms with E-state index in [-0.39, 0.29) is 17.2 Å². The van der Waals surface area contributed by atoms with Crippen LogP contribution in [0.15, 0.2) is 22.6 Å². The number of nitrogens with one attached hydrogen (secondary N) is 1. The minimum absolute atomic E-state index is 0.164. The van der Waals surface area contributed by atoms with Gasteiger partial charge >= 0.3 is 0 Å². The second kappa shape index (κ2) is 8.41. The zero-order chi connectivity index (χ0) is 21.2. The molecule has 1 saturated heterocycles. The van der Waals surface area contributed by atoms with Crippen LogP contribution >= 0.6 is 0 Å². The molecule has 1 atom stereocenters. The van der Waals surface area contributed by atoms with Crippen LogP contribution in [0.5, 0.6) is 5.75 Å². The van der Waals surface area contributed by atoms with E-state index >= 15 is 0 Å². The highest BCUT2D eigenvalue weighted by Gasteiger charge is 2.24. The van der Waals surface area contributed by atoms with E-state index in [2.05, 4.69) is 5.32 Å². The van der Waals surface area contributed by atoms with Gasteiger partial charge < -0.3 is 30.0 Å². The zero-order valence-corrected chi connectivity index (χ0v) is 15.0. The number of fused-ring (bicyclic) bond motifs is 1. The molecule has 4 N–H and O–H groups in total. The molecule has 146 valence electrons. The number of aliphatic hydroxyl groups excluding tert-OH is 1. The molecular weight excluding hydrogens is 352 g/mol. The van der Waals surface area contributed by atoms with Crippen LogP contribution < -0.4 is 15.8 Å². The topological polar surface area (TPSA) is 124 Å². The molecule has 2 amide bonds. The number of rotatable bonds is 7. The quantitative estimate of drug-likeness (QED) is 0.663. The van der Waals surface area contributed by atoms with Crippen molar-refractivity contribution in [3.63, 3.8) is 0 Å². The van der Waals surface area contributed by atoms with Gasteiger partial charge in [-0.05, 0) is 43.9 Å². The normalized spacial score (nSPS) is 17.9. The van der Waals surface area contributed by atoms with Crippen molar-refractivity contribution in [3.05, 3.63) is 29.5 Å². The molecule has 0 unspecified atom stereocenters. The lowest BCUT2D eigenvalue weighted by Crippen LogP contribution is -2.46. The number of nitrogens with two attached hydrogens (primary N) is 1. The second-order valence-corrected chi connectivity index (χ2v) is 6.41. The average Bonchev–Trinajstić information content (AvgIpc) is 3.01. The Morgan fingerprint density at radius 1 is 1.44 bits per heavy atom. The number of amides is 2. The molecule has 1 aromatic carbocycles. The highest BCUT2D eigenvalue weighted by molar-refractivity contribution is 6.08. The summed E-state index contributed by atoms with van der Waals surface area (Å²) in [4.78, 5) is 23.9. The van der Waals surface area contributed by atoms with Crippen LogP contribution in [0.1, 0.15) is 31.7 Å². The number of primary amides is 1. The van der Waals surface area contributed by atoms with Crippen LogP contribution in [0.2, 0.25) is 0 Å². The minimum Gasteiger partial charge on any atom is -0.493 e. The third-order valence-electron chi connectivity index (χ3n) is 4.46. The number of hydrogen-bond acceptors (Lipinski definition) is 6. The molecule has 2 aromatic rings. The monoisotopic (exact) mass is 378 g/mol. The lowest BCUT2D eigenvalue weighted by atomic mass is 10.0. The molecule has 0 saturated carbocycles. The van der Waals surface area contributed by atoms with E-state index in [1.54, 1.807) is 19.1 Å². The first kappa shape index (κ1) is 16.6. The van der Waals surface area contributed by atoms with Crippen molar-refractivity contribution in [1.82, 2.24) is 5.32 Å². The standard InChI is InChI=1S/C19H24N2O6/c1-11-17(19(24)21-15(9-22)18(20)23)14-8-13(2-3-16(14)27-11)26-10-12-4-6-25-7-5-12/h2-3,8,12,15,22H,4-7,9-10H2,1H3,(H2,20,23)(H,21,24)/t15-/m0/s1/i10D2. The first-order valence-electron chi connectivity index (χ1n) is 9.74. The molecule has 8 heteroatoms. The van der Waals surface area contributed by atoms with Crippen LogP contribution in [0.4, 0.5) is 0 Å². The van der Waals surface area contributed by atoms with Gasteiger partial charge in [0, 0.05) is 18.6 Å². The number of carbonyl (C=O) groups is 2. The van der Waals surface area contributed by atoms with Gasteiger partial charge in [0.2, 0.25) is 5.91 Å². The Hall–Kier alpha value is -2.58. The van der Waals surface area contributed by atoms with Crippen LogP contribution in [-0.4, -0.2) is 49.3 Å². The number of benzene rings is 1. The van der Waals surface area contributed by atoms with Crippen molar-refractivity contribution in [2.45, 2.75) is 25.8 Å². The molecule has 0 aliphatic carbocycles. The summed E-state index contributed by atoms with van der Waals surface area (Å²) in [5.41, 5.74) is 5.73. The van der Waals surface area contributed by atoms with Crippen LogP contribution in [0, 0.1) is 12.8 Å².